The predicted molar refractivity (Wildman–Crippen MR) is 75.5 cm³/mol. The van der Waals surface area contributed by atoms with E-state index >= 15 is 0 Å². The van der Waals surface area contributed by atoms with E-state index in [1.165, 1.54) is 5.56 Å². The van der Waals surface area contributed by atoms with Gasteiger partial charge in [0.15, 0.2) is 5.76 Å². The van der Waals surface area contributed by atoms with E-state index in [2.05, 4.69) is 18.3 Å². The lowest BCUT2D eigenvalue weighted by Crippen LogP contribution is -2.46. The first kappa shape index (κ1) is 12.4. The smallest absolute Gasteiger partial charge is 0.217 e. The Morgan fingerprint density at radius 2 is 2.26 bits per heavy atom. The van der Waals surface area contributed by atoms with Gasteiger partial charge in [-0.1, -0.05) is 18.6 Å². The fraction of sp³-hybridized carbons (Fsp3) is 0.438. The van der Waals surface area contributed by atoms with E-state index in [1.54, 1.807) is 0 Å². The van der Waals surface area contributed by atoms with Gasteiger partial charge in [0.2, 0.25) is 5.78 Å². The molecule has 0 saturated carbocycles. The summed E-state index contributed by atoms with van der Waals surface area (Å²) in [7, 11) is 0. The molecule has 1 aliphatic rings. The molecule has 0 radical (unpaired) electrons. The zero-order valence-corrected chi connectivity index (χ0v) is 11.5. The van der Waals surface area contributed by atoms with Crippen LogP contribution in [0.15, 0.2) is 28.7 Å². The number of fused-ring (bicyclic) bond motifs is 1. The molecule has 2 heterocycles. The largest absolute Gasteiger partial charge is 0.453 e. The molecule has 1 N–H and O–H groups in total. The number of carbonyl (C=O) groups excluding carboxylic acids is 1. The van der Waals surface area contributed by atoms with Crippen LogP contribution in [0.25, 0.3) is 11.0 Å². The van der Waals surface area contributed by atoms with Crippen LogP contribution in [0.2, 0.25) is 0 Å². The first-order valence-electron chi connectivity index (χ1n) is 6.95. The normalized spacial score (nSPS) is 23.1. The van der Waals surface area contributed by atoms with Gasteiger partial charge in [-0.25, -0.2) is 0 Å². The first-order chi connectivity index (χ1) is 9.14. The monoisotopic (exact) mass is 257 g/mol. The number of rotatable bonds is 3. The Balaban J connectivity index is 2.01. The lowest BCUT2D eigenvalue weighted by atomic mass is 9.88. The van der Waals surface area contributed by atoms with Crippen LogP contribution in [0, 0.1) is 6.92 Å². The van der Waals surface area contributed by atoms with E-state index in [4.69, 9.17) is 4.42 Å². The second kappa shape index (κ2) is 4.49. The number of hydrogen-bond acceptors (Lipinski definition) is 3. The second-order valence-electron chi connectivity index (χ2n) is 5.45. The highest BCUT2D eigenvalue weighted by Gasteiger charge is 2.41. The summed E-state index contributed by atoms with van der Waals surface area (Å²) in [5.74, 6) is 0.582. The van der Waals surface area contributed by atoms with E-state index in [9.17, 15) is 4.79 Å². The third kappa shape index (κ3) is 1.98. The van der Waals surface area contributed by atoms with Crippen molar-refractivity contribution in [3.63, 3.8) is 0 Å². The molecule has 100 valence electrons. The molecule has 3 rings (SSSR count). The average Bonchev–Trinajstić information content (AvgIpc) is 3.04. The molecule has 1 fully saturated rings. The van der Waals surface area contributed by atoms with Gasteiger partial charge < -0.3 is 9.73 Å². The van der Waals surface area contributed by atoms with E-state index in [1.807, 2.05) is 25.1 Å². The Kier molecular flexibility index (Phi) is 2.94. The molecule has 0 aliphatic carbocycles. The van der Waals surface area contributed by atoms with Crippen molar-refractivity contribution < 1.29 is 9.21 Å². The van der Waals surface area contributed by atoms with Crippen molar-refractivity contribution in [1.82, 2.24) is 5.32 Å². The third-order valence-corrected chi connectivity index (χ3v) is 4.18. The van der Waals surface area contributed by atoms with Gasteiger partial charge in [-0.05, 0) is 50.9 Å². The molecule has 1 aliphatic heterocycles. The topological polar surface area (TPSA) is 42.2 Å². The van der Waals surface area contributed by atoms with Crippen LogP contribution >= 0.6 is 0 Å². The number of furan rings is 1. The Morgan fingerprint density at radius 1 is 1.42 bits per heavy atom. The van der Waals surface area contributed by atoms with Crippen LogP contribution in [0.5, 0.6) is 0 Å². The van der Waals surface area contributed by atoms with Crippen LogP contribution in [-0.2, 0) is 0 Å². The molecule has 0 bridgehead atoms. The van der Waals surface area contributed by atoms with Crippen molar-refractivity contribution in [2.24, 2.45) is 0 Å². The summed E-state index contributed by atoms with van der Waals surface area (Å²) >= 11 is 0. The van der Waals surface area contributed by atoms with Gasteiger partial charge in [-0.15, -0.1) is 0 Å². The van der Waals surface area contributed by atoms with Gasteiger partial charge in [0.1, 0.15) is 5.58 Å². The van der Waals surface area contributed by atoms with Gasteiger partial charge in [-0.3, -0.25) is 4.79 Å². The van der Waals surface area contributed by atoms with Crippen LogP contribution < -0.4 is 5.32 Å². The molecule has 19 heavy (non-hydrogen) atoms. The van der Waals surface area contributed by atoms with E-state index < -0.39 is 5.54 Å². The summed E-state index contributed by atoms with van der Waals surface area (Å²) in [5, 5.41) is 4.37. The molecule has 1 atom stereocenters. The lowest BCUT2D eigenvalue weighted by molar-refractivity contribution is 0.0836. The summed E-state index contributed by atoms with van der Waals surface area (Å²) in [6, 6.07) is 7.87. The quantitative estimate of drug-likeness (QED) is 0.856. The number of Topliss-reactive ketones (excluding diaryl/α,β-unsaturated/α-hetero) is 1. The highest BCUT2D eigenvalue weighted by Crippen LogP contribution is 2.30. The summed E-state index contributed by atoms with van der Waals surface area (Å²) in [5.41, 5.74) is 1.55. The van der Waals surface area contributed by atoms with Crippen molar-refractivity contribution in [1.29, 1.82) is 0 Å². The summed E-state index contributed by atoms with van der Waals surface area (Å²) in [6.45, 7) is 5.02. The van der Waals surface area contributed by atoms with Crippen LogP contribution in [0.3, 0.4) is 0 Å². The van der Waals surface area contributed by atoms with Gasteiger partial charge >= 0.3 is 0 Å². The van der Waals surface area contributed by atoms with E-state index in [0.29, 0.717) is 5.76 Å². The van der Waals surface area contributed by atoms with Gasteiger partial charge in [0, 0.05) is 5.39 Å². The van der Waals surface area contributed by atoms with Crippen molar-refractivity contribution in [3.05, 3.63) is 35.6 Å². The SMILES string of the molecule is CCC1(C(=O)c2cc3cc(C)ccc3o2)CCCN1. The Morgan fingerprint density at radius 3 is 2.95 bits per heavy atom. The zero-order chi connectivity index (χ0) is 13.5. The minimum Gasteiger partial charge on any atom is -0.453 e. The maximum Gasteiger partial charge on any atom is 0.217 e. The highest BCUT2D eigenvalue weighted by molar-refractivity contribution is 6.04. The summed E-state index contributed by atoms with van der Waals surface area (Å²) < 4.78 is 5.73. The predicted octanol–water partition coefficient (Wildman–Crippen LogP) is 3.46. The molecular weight excluding hydrogens is 238 g/mol. The van der Waals surface area contributed by atoms with Crippen LogP contribution in [0.1, 0.15) is 42.3 Å². The Labute approximate surface area is 113 Å². The third-order valence-electron chi connectivity index (χ3n) is 4.18. The number of benzene rings is 1. The molecule has 2 aromatic rings. The number of hydrogen-bond donors (Lipinski definition) is 1. The lowest BCUT2D eigenvalue weighted by Gasteiger charge is -2.24. The van der Waals surface area contributed by atoms with E-state index in [0.717, 1.165) is 36.8 Å². The van der Waals surface area contributed by atoms with E-state index in [-0.39, 0.29) is 5.78 Å². The molecule has 1 aromatic heterocycles. The van der Waals surface area contributed by atoms with Gasteiger partial charge in [-0.2, -0.15) is 0 Å². The molecule has 1 unspecified atom stereocenters. The molecule has 0 spiro atoms. The van der Waals surface area contributed by atoms with Gasteiger partial charge in [0.05, 0.1) is 5.54 Å². The number of carbonyl (C=O) groups is 1. The molecule has 1 saturated heterocycles. The molecular formula is C16H19NO2. The number of aryl methyl sites for hydroxylation is 1. The minimum absolute atomic E-state index is 0.0985. The van der Waals surface area contributed by atoms with Crippen LogP contribution in [-0.4, -0.2) is 17.9 Å². The minimum atomic E-state index is -0.414. The second-order valence-corrected chi connectivity index (χ2v) is 5.45. The molecule has 3 heteroatoms. The number of ketones is 1. The fourth-order valence-corrected chi connectivity index (χ4v) is 2.97. The van der Waals surface area contributed by atoms with Crippen molar-refractivity contribution in [2.75, 3.05) is 6.54 Å². The maximum atomic E-state index is 12.7. The van der Waals surface area contributed by atoms with Gasteiger partial charge in [0.25, 0.3) is 0 Å². The standard InChI is InChI=1S/C16H19NO2/c1-3-16(7-4-8-17-16)15(18)14-10-12-9-11(2)5-6-13(12)19-14/h5-6,9-10,17H,3-4,7-8H2,1-2H3. The maximum absolute atomic E-state index is 12.7. The van der Waals surface area contributed by atoms with Crippen molar-refractivity contribution >= 4 is 16.8 Å². The zero-order valence-electron chi connectivity index (χ0n) is 11.5. The summed E-state index contributed by atoms with van der Waals surface area (Å²) in [4.78, 5) is 12.7. The molecule has 0 amide bonds. The first-order valence-corrected chi connectivity index (χ1v) is 6.95. The van der Waals surface area contributed by atoms with Crippen molar-refractivity contribution in [2.45, 2.75) is 38.6 Å². The Hall–Kier alpha value is -1.61. The van der Waals surface area contributed by atoms with Crippen LogP contribution in [0.4, 0.5) is 0 Å². The average molecular weight is 257 g/mol. The summed E-state index contributed by atoms with van der Waals surface area (Å²) in [6.07, 6.45) is 2.76. The number of nitrogens with one attached hydrogen (secondary N) is 1. The molecule has 1 aromatic carbocycles. The highest BCUT2D eigenvalue weighted by atomic mass is 16.3. The molecule has 3 nitrogen and oxygen atoms in total. The van der Waals surface area contributed by atoms with Crippen molar-refractivity contribution in [3.8, 4) is 0 Å². The Bertz CT molecular complexity index is 621. The fourth-order valence-electron chi connectivity index (χ4n) is 2.97.